The smallest absolute Gasteiger partial charge is 0.339 e. The van der Waals surface area contributed by atoms with Crippen LogP contribution in [0, 0.1) is 10.7 Å². The number of ether oxygens (including phenoxy) is 1. The van der Waals surface area contributed by atoms with Crippen molar-refractivity contribution in [3.05, 3.63) is 28.4 Å². The third-order valence-electron chi connectivity index (χ3n) is 3.96. The van der Waals surface area contributed by atoms with Gasteiger partial charge in [-0.05, 0) is 79.9 Å². The van der Waals surface area contributed by atoms with E-state index in [0.29, 0.717) is 36.3 Å². The van der Waals surface area contributed by atoms with Gasteiger partial charge in [0, 0.05) is 10.7 Å². The highest BCUT2D eigenvalue weighted by Gasteiger charge is 2.32. The second kappa shape index (κ2) is 7.99. The largest absolute Gasteiger partial charge is 0.456 e. The summed E-state index contributed by atoms with van der Waals surface area (Å²) in [7, 11) is -0.865. The standard InChI is InChI=1S/C14H17I3NO4S/c1-18(3-6-23(20,21)7-4-18)2-5-22-14(19)11-8-10(15)9-12(16)13(11)17/h8-9H,2-7H2,1H3/q+1. The molecule has 1 aromatic carbocycles. The molecule has 0 bridgehead atoms. The highest BCUT2D eigenvalue weighted by Crippen LogP contribution is 2.23. The van der Waals surface area contributed by atoms with Gasteiger partial charge in [0.05, 0.1) is 37.2 Å². The fraction of sp³-hybridized carbons (Fsp3) is 0.500. The Balaban J connectivity index is 1.93. The lowest BCUT2D eigenvalue weighted by atomic mass is 10.2. The number of rotatable bonds is 4. The van der Waals surface area contributed by atoms with Crippen molar-refractivity contribution in [2.75, 3.05) is 44.8 Å². The Kier molecular flexibility index (Phi) is 6.99. The minimum atomic E-state index is -2.88. The Morgan fingerprint density at radius 1 is 1.22 bits per heavy atom. The molecular formula is C14H17I3NO4S+. The van der Waals surface area contributed by atoms with Gasteiger partial charge in [0.15, 0.2) is 9.84 Å². The lowest BCUT2D eigenvalue weighted by Crippen LogP contribution is -2.55. The van der Waals surface area contributed by atoms with Crippen LogP contribution in [0.3, 0.4) is 0 Å². The molecule has 0 aromatic heterocycles. The van der Waals surface area contributed by atoms with E-state index in [-0.39, 0.29) is 17.5 Å². The monoisotopic (exact) mass is 676 g/mol. The van der Waals surface area contributed by atoms with Crippen molar-refractivity contribution in [2.45, 2.75) is 0 Å². The number of benzene rings is 1. The van der Waals surface area contributed by atoms with Gasteiger partial charge in [0.1, 0.15) is 13.2 Å². The first kappa shape index (κ1) is 20.1. The molecule has 0 aliphatic carbocycles. The zero-order valence-corrected chi connectivity index (χ0v) is 19.8. The molecule has 0 saturated carbocycles. The van der Waals surface area contributed by atoms with E-state index in [1.807, 2.05) is 19.2 Å². The first-order valence-electron chi connectivity index (χ1n) is 6.98. The molecule has 0 unspecified atom stereocenters. The maximum atomic E-state index is 12.3. The SMILES string of the molecule is C[N+]1(CCOC(=O)c2cc(I)cc(I)c2I)CCS(=O)(=O)CC1. The Morgan fingerprint density at radius 3 is 2.43 bits per heavy atom. The van der Waals surface area contributed by atoms with E-state index in [1.165, 1.54) is 0 Å². The van der Waals surface area contributed by atoms with Gasteiger partial charge in [0.2, 0.25) is 0 Å². The number of carbonyl (C=O) groups is 1. The normalized spacial score (nSPS) is 19.3. The van der Waals surface area contributed by atoms with E-state index in [4.69, 9.17) is 4.74 Å². The number of quaternary nitrogens is 1. The minimum Gasteiger partial charge on any atom is -0.456 e. The molecule has 1 fully saturated rings. The van der Waals surface area contributed by atoms with Crippen LogP contribution in [-0.2, 0) is 14.6 Å². The zero-order valence-electron chi connectivity index (χ0n) is 12.5. The lowest BCUT2D eigenvalue weighted by molar-refractivity contribution is -0.906. The molecule has 1 aromatic rings. The van der Waals surface area contributed by atoms with Crippen LogP contribution < -0.4 is 0 Å². The maximum Gasteiger partial charge on any atom is 0.339 e. The van der Waals surface area contributed by atoms with Gasteiger partial charge >= 0.3 is 5.97 Å². The number of hydrogen-bond acceptors (Lipinski definition) is 4. The highest BCUT2D eigenvalue weighted by atomic mass is 127. The van der Waals surface area contributed by atoms with E-state index in [0.717, 1.165) is 10.7 Å². The summed E-state index contributed by atoms with van der Waals surface area (Å²) in [6.45, 7) is 2.10. The first-order valence-corrected chi connectivity index (χ1v) is 12.0. The third kappa shape index (κ3) is 5.64. The van der Waals surface area contributed by atoms with Gasteiger partial charge in [-0.2, -0.15) is 0 Å². The summed E-state index contributed by atoms with van der Waals surface area (Å²) in [6, 6.07) is 3.84. The second-order valence-corrected chi connectivity index (χ2v) is 11.6. The quantitative estimate of drug-likeness (QED) is 0.213. The van der Waals surface area contributed by atoms with Crippen LogP contribution in [0.1, 0.15) is 10.4 Å². The summed E-state index contributed by atoms with van der Waals surface area (Å²) in [5.41, 5.74) is 0.589. The Hall–Kier alpha value is 0.790. The molecule has 128 valence electrons. The zero-order chi connectivity index (χ0) is 17.3. The van der Waals surface area contributed by atoms with Crippen LogP contribution in [0.4, 0.5) is 0 Å². The fourth-order valence-electron chi connectivity index (χ4n) is 2.30. The molecule has 0 N–H and O–H groups in total. The molecule has 1 saturated heterocycles. The lowest BCUT2D eigenvalue weighted by Gasteiger charge is -2.37. The molecule has 5 nitrogen and oxygen atoms in total. The van der Waals surface area contributed by atoms with E-state index in [2.05, 4.69) is 67.8 Å². The van der Waals surface area contributed by atoms with Crippen LogP contribution in [0.15, 0.2) is 12.1 Å². The van der Waals surface area contributed by atoms with Crippen LogP contribution in [0.5, 0.6) is 0 Å². The van der Waals surface area contributed by atoms with E-state index >= 15 is 0 Å². The number of esters is 1. The summed E-state index contributed by atoms with van der Waals surface area (Å²) in [4.78, 5) is 12.3. The van der Waals surface area contributed by atoms with Crippen LogP contribution in [0.25, 0.3) is 0 Å². The molecule has 0 amide bonds. The van der Waals surface area contributed by atoms with Crippen LogP contribution in [0.2, 0.25) is 0 Å². The molecule has 1 aliphatic rings. The molecule has 9 heteroatoms. The number of halogens is 3. The number of likely N-dealkylation sites (N-methyl/N-ethyl adjacent to an activating group) is 1. The Labute approximate surface area is 177 Å². The number of nitrogens with zero attached hydrogens (tertiary/aromatic N) is 1. The predicted molar refractivity (Wildman–Crippen MR) is 114 cm³/mol. The molecule has 0 atom stereocenters. The van der Waals surface area contributed by atoms with Crippen molar-refractivity contribution in [3.63, 3.8) is 0 Å². The van der Waals surface area contributed by atoms with Crippen molar-refractivity contribution in [3.8, 4) is 0 Å². The maximum absolute atomic E-state index is 12.3. The van der Waals surface area contributed by atoms with Crippen LogP contribution >= 0.6 is 67.8 Å². The van der Waals surface area contributed by atoms with Crippen LogP contribution in [-0.4, -0.2) is 63.7 Å². The topological polar surface area (TPSA) is 60.4 Å². The summed E-state index contributed by atoms with van der Waals surface area (Å²) < 4.78 is 32.0. The Bertz CT molecular complexity index is 707. The second-order valence-electron chi connectivity index (χ2n) is 5.83. The van der Waals surface area contributed by atoms with Gasteiger partial charge in [-0.3, -0.25) is 0 Å². The number of carbonyl (C=O) groups excluding carboxylic acids is 1. The minimum absolute atomic E-state index is 0.213. The molecule has 1 aliphatic heterocycles. The van der Waals surface area contributed by atoms with Gasteiger partial charge in [-0.25, -0.2) is 13.2 Å². The van der Waals surface area contributed by atoms with Crippen molar-refractivity contribution >= 4 is 83.6 Å². The van der Waals surface area contributed by atoms with E-state index in [1.54, 1.807) is 0 Å². The van der Waals surface area contributed by atoms with Crippen molar-refractivity contribution in [1.29, 1.82) is 0 Å². The van der Waals surface area contributed by atoms with Gasteiger partial charge < -0.3 is 9.22 Å². The number of hydrogen-bond donors (Lipinski definition) is 0. The summed E-state index contributed by atoms with van der Waals surface area (Å²) in [5, 5.41) is 0. The fourth-order valence-corrected chi connectivity index (χ4v) is 6.32. The van der Waals surface area contributed by atoms with Gasteiger partial charge in [-0.1, -0.05) is 0 Å². The molecule has 2 rings (SSSR count). The van der Waals surface area contributed by atoms with E-state index < -0.39 is 9.84 Å². The average molecular weight is 676 g/mol. The van der Waals surface area contributed by atoms with E-state index in [9.17, 15) is 13.2 Å². The average Bonchev–Trinajstić information content (AvgIpc) is 2.46. The molecule has 0 radical (unpaired) electrons. The summed E-state index contributed by atoms with van der Waals surface area (Å²) in [6.07, 6.45) is 0. The van der Waals surface area contributed by atoms with Crippen molar-refractivity contribution in [1.82, 2.24) is 0 Å². The van der Waals surface area contributed by atoms with Crippen molar-refractivity contribution in [2.24, 2.45) is 0 Å². The molecule has 1 heterocycles. The van der Waals surface area contributed by atoms with Gasteiger partial charge in [-0.15, -0.1) is 0 Å². The predicted octanol–water partition coefficient (Wildman–Crippen LogP) is 2.53. The first-order chi connectivity index (χ1) is 10.6. The Morgan fingerprint density at radius 2 is 1.83 bits per heavy atom. The molecule has 0 spiro atoms. The molecular weight excluding hydrogens is 659 g/mol. The number of sulfone groups is 1. The summed E-state index contributed by atoms with van der Waals surface area (Å²) >= 11 is 6.55. The molecule has 23 heavy (non-hydrogen) atoms. The van der Waals surface area contributed by atoms with Crippen molar-refractivity contribution < 1.29 is 22.4 Å². The van der Waals surface area contributed by atoms with Gasteiger partial charge in [0.25, 0.3) is 0 Å². The highest BCUT2D eigenvalue weighted by molar-refractivity contribution is 14.1. The summed E-state index contributed by atoms with van der Waals surface area (Å²) in [5.74, 6) is 0.108. The third-order valence-corrected chi connectivity index (χ3v) is 9.24.